The monoisotopic (exact) mass is 306 g/mol. The van der Waals surface area contributed by atoms with E-state index in [0.29, 0.717) is 28.8 Å². The lowest BCUT2D eigenvalue weighted by Gasteiger charge is -2.26. The molecule has 0 spiro atoms. The first-order valence-electron chi connectivity index (χ1n) is 6.53. The predicted octanol–water partition coefficient (Wildman–Crippen LogP) is 1.38. The molecule has 1 unspecified atom stereocenters. The highest BCUT2D eigenvalue weighted by atomic mass is 32.1. The molecule has 7 heteroatoms. The number of esters is 1. The molecule has 0 saturated carbocycles. The van der Waals surface area contributed by atoms with Crippen molar-refractivity contribution in [2.75, 3.05) is 13.4 Å². The van der Waals surface area contributed by atoms with Gasteiger partial charge in [0.15, 0.2) is 16.6 Å². The quantitative estimate of drug-likeness (QED) is 0.646. The van der Waals surface area contributed by atoms with Crippen LogP contribution in [0.4, 0.5) is 0 Å². The number of hydrogen-bond donors (Lipinski definition) is 2. The molecule has 0 radical (unpaired) electrons. The first-order valence-corrected chi connectivity index (χ1v) is 6.93. The molecule has 0 bridgehead atoms. The van der Waals surface area contributed by atoms with Crippen LogP contribution in [0.3, 0.4) is 0 Å². The third kappa shape index (κ3) is 2.64. The molecule has 1 aromatic rings. The first kappa shape index (κ1) is 13.7. The molecule has 0 amide bonds. The first-order chi connectivity index (χ1) is 10.2. The molecule has 21 heavy (non-hydrogen) atoms. The van der Waals surface area contributed by atoms with Gasteiger partial charge in [-0.1, -0.05) is 6.07 Å². The topological polar surface area (TPSA) is 68.8 Å². The number of carbonyl (C=O) groups excluding carboxylic acids is 1. The van der Waals surface area contributed by atoms with Gasteiger partial charge in [0.1, 0.15) is 0 Å². The number of benzene rings is 1. The molecular weight excluding hydrogens is 292 g/mol. The van der Waals surface area contributed by atoms with Crippen molar-refractivity contribution in [2.45, 2.75) is 13.0 Å². The molecule has 110 valence electrons. The van der Waals surface area contributed by atoms with Crippen molar-refractivity contribution in [1.29, 1.82) is 0 Å². The van der Waals surface area contributed by atoms with Gasteiger partial charge in [-0.05, 0) is 36.8 Å². The van der Waals surface area contributed by atoms with Crippen LogP contribution in [0, 0.1) is 0 Å². The molecule has 1 aromatic carbocycles. The van der Waals surface area contributed by atoms with Gasteiger partial charge in [0.25, 0.3) is 0 Å². The summed E-state index contributed by atoms with van der Waals surface area (Å²) in [7, 11) is 0. The van der Waals surface area contributed by atoms with E-state index in [1.54, 1.807) is 13.1 Å². The van der Waals surface area contributed by atoms with Crippen LogP contribution in [0.2, 0.25) is 0 Å². The number of ether oxygens (including phenoxy) is 3. The Balaban J connectivity index is 1.93. The van der Waals surface area contributed by atoms with Crippen LogP contribution in [0.5, 0.6) is 11.5 Å². The van der Waals surface area contributed by atoms with Gasteiger partial charge in [-0.15, -0.1) is 0 Å². The van der Waals surface area contributed by atoms with Crippen molar-refractivity contribution in [3.8, 4) is 11.5 Å². The van der Waals surface area contributed by atoms with Gasteiger partial charge in [0.05, 0.1) is 18.2 Å². The Bertz CT molecular complexity index is 629. The lowest BCUT2D eigenvalue weighted by atomic mass is 9.98. The molecular formula is C14H14N2O4S. The summed E-state index contributed by atoms with van der Waals surface area (Å²) >= 11 is 5.11. The fourth-order valence-corrected chi connectivity index (χ4v) is 2.40. The van der Waals surface area contributed by atoms with Crippen LogP contribution in [-0.4, -0.2) is 24.5 Å². The highest BCUT2D eigenvalue weighted by Crippen LogP contribution is 2.36. The predicted molar refractivity (Wildman–Crippen MR) is 78.9 cm³/mol. The summed E-state index contributed by atoms with van der Waals surface area (Å²) in [4.78, 5) is 12.1. The average molecular weight is 306 g/mol. The zero-order valence-corrected chi connectivity index (χ0v) is 12.2. The second kappa shape index (κ2) is 5.61. The minimum absolute atomic E-state index is 0.206. The molecule has 0 fully saturated rings. The zero-order valence-electron chi connectivity index (χ0n) is 11.3. The molecule has 1 atom stereocenters. The third-order valence-corrected chi connectivity index (χ3v) is 3.42. The summed E-state index contributed by atoms with van der Waals surface area (Å²) in [5.41, 5.74) is 1.31. The van der Waals surface area contributed by atoms with Gasteiger partial charge in [-0.25, -0.2) is 4.79 Å². The fourth-order valence-electron chi connectivity index (χ4n) is 2.22. The molecule has 2 aliphatic heterocycles. The molecule has 6 nitrogen and oxygen atoms in total. The fraction of sp³-hybridized carbons (Fsp3) is 0.286. The van der Waals surface area contributed by atoms with Gasteiger partial charge in [-0.3, -0.25) is 0 Å². The highest BCUT2D eigenvalue weighted by molar-refractivity contribution is 7.80. The average Bonchev–Trinajstić information content (AvgIpc) is 2.94. The zero-order chi connectivity index (χ0) is 14.8. The van der Waals surface area contributed by atoms with E-state index < -0.39 is 0 Å². The van der Waals surface area contributed by atoms with Crippen LogP contribution in [0.1, 0.15) is 18.5 Å². The maximum Gasteiger partial charge on any atom is 0.337 e. The number of carbonyl (C=O) groups is 1. The van der Waals surface area contributed by atoms with Gasteiger partial charge in [-0.2, -0.15) is 0 Å². The summed E-state index contributed by atoms with van der Waals surface area (Å²) in [5.74, 6) is 0.960. The van der Waals surface area contributed by atoms with Crippen molar-refractivity contribution in [3.63, 3.8) is 0 Å². The van der Waals surface area contributed by atoms with E-state index >= 15 is 0 Å². The second-order valence-electron chi connectivity index (χ2n) is 4.48. The van der Waals surface area contributed by atoms with E-state index in [1.165, 1.54) is 0 Å². The van der Waals surface area contributed by atoms with Crippen LogP contribution in [0.15, 0.2) is 30.0 Å². The molecule has 2 heterocycles. The Hall–Kier alpha value is -2.28. The number of rotatable bonds is 3. The lowest BCUT2D eigenvalue weighted by Crippen LogP contribution is -2.42. The van der Waals surface area contributed by atoms with Gasteiger partial charge >= 0.3 is 5.97 Å². The van der Waals surface area contributed by atoms with E-state index in [0.717, 1.165) is 5.56 Å². The maximum atomic E-state index is 12.1. The van der Waals surface area contributed by atoms with Gasteiger partial charge in [0, 0.05) is 6.20 Å². The Labute approximate surface area is 127 Å². The minimum atomic E-state index is -0.386. The molecule has 0 aliphatic carbocycles. The van der Waals surface area contributed by atoms with E-state index in [1.807, 2.05) is 18.2 Å². The normalized spacial score (nSPS) is 19.4. The van der Waals surface area contributed by atoms with Gasteiger partial charge in [0.2, 0.25) is 6.79 Å². The van der Waals surface area contributed by atoms with Crippen molar-refractivity contribution >= 4 is 23.3 Å². The summed E-state index contributed by atoms with van der Waals surface area (Å²) in [6, 6.07) is 5.13. The van der Waals surface area contributed by atoms with Crippen molar-refractivity contribution in [1.82, 2.24) is 10.6 Å². The van der Waals surface area contributed by atoms with E-state index in [2.05, 4.69) is 10.6 Å². The van der Waals surface area contributed by atoms with E-state index in [9.17, 15) is 4.79 Å². The van der Waals surface area contributed by atoms with E-state index in [4.69, 9.17) is 26.4 Å². The Morgan fingerprint density at radius 2 is 2.24 bits per heavy atom. The Morgan fingerprint density at radius 3 is 3.05 bits per heavy atom. The van der Waals surface area contributed by atoms with Crippen LogP contribution in [0.25, 0.3) is 0 Å². The van der Waals surface area contributed by atoms with Crippen LogP contribution in [-0.2, 0) is 9.53 Å². The maximum absolute atomic E-state index is 12.1. The summed E-state index contributed by atoms with van der Waals surface area (Å²) in [6.07, 6.45) is 1.58. The molecule has 2 aliphatic rings. The SMILES string of the molecule is CCOC(=O)C1=CNC(=S)NC1c1ccc2c(c1)OCO2. The largest absolute Gasteiger partial charge is 0.463 e. The summed E-state index contributed by atoms with van der Waals surface area (Å²) < 4.78 is 15.7. The molecule has 0 aromatic heterocycles. The number of hydrogen-bond acceptors (Lipinski definition) is 5. The number of nitrogens with one attached hydrogen (secondary N) is 2. The summed E-state index contributed by atoms with van der Waals surface area (Å²) in [6.45, 7) is 2.29. The molecule has 2 N–H and O–H groups in total. The van der Waals surface area contributed by atoms with E-state index in [-0.39, 0.29) is 18.8 Å². The highest BCUT2D eigenvalue weighted by Gasteiger charge is 2.29. The lowest BCUT2D eigenvalue weighted by molar-refractivity contribution is -0.138. The molecule has 0 saturated heterocycles. The number of fused-ring (bicyclic) bond motifs is 1. The smallest absolute Gasteiger partial charge is 0.337 e. The van der Waals surface area contributed by atoms with Crippen LogP contribution < -0.4 is 20.1 Å². The van der Waals surface area contributed by atoms with Crippen molar-refractivity contribution < 1.29 is 19.0 Å². The second-order valence-corrected chi connectivity index (χ2v) is 4.89. The minimum Gasteiger partial charge on any atom is -0.463 e. The third-order valence-electron chi connectivity index (χ3n) is 3.19. The summed E-state index contributed by atoms with van der Waals surface area (Å²) in [5, 5.41) is 6.34. The van der Waals surface area contributed by atoms with Gasteiger partial charge < -0.3 is 24.8 Å². The van der Waals surface area contributed by atoms with Crippen molar-refractivity contribution in [3.05, 3.63) is 35.5 Å². The molecule has 3 rings (SSSR count). The standard InChI is InChI=1S/C14H14N2O4S/c1-2-18-13(17)9-6-15-14(21)16-12(9)8-3-4-10-11(5-8)20-7-19-10/h3-6,12H,2,7H2,1H3,(H2,15,16,21). The van der Waals surface area contributed by atoms with Crippen molar-refractivity contribution in [2.24, 2.45) is 0 Å². The Kier molecular flexibility index (Phi) is 3.66. The Morgan fingerprint density at radius 1 is 1.43 bits per heavy atom. The van der Waals surface area contributed by atoms with Crippen LogP contribution >= 0.6 is 12.2 Å². The number of thiocarbonyl (C=S) groups is 1.